The Bertz CT molecular complexity index is 2050. The van der Waals surface area contributed by atoms with E-state index >= 15 is 0 Å². The quantitative estimate of drug-likeness (QED) is 0.0169. The molecule has 0 rings (SSSR count). The van der Waals surface area contributed by atoms with Crippen molar-refractivity contribution in [2.75, 3.05) is 39.6 Å². The zero-order valence-electron chi connectivity index (χ0n) is 65.9. The second kappa shape index (κ2) is 71.8. The van der Waals surface area contributed by atoms with Crippen LogP contribution < -0.4 is 0 Å². The Kier molecular flexibility index (Phi) is 70.0. The maximum Gasteiger partial charge on any atom is 0.472 e. The van der Waals surface area contributed by atoms with Gasteiger partial charge in [0.05, 0.1) is 26.4 Å². The van der Waals surface area contributed by atoms with Crippen molar-refractivity contribution >= 4 is 39.5 Å². The molecule has 0 bridgehead atoms. The third-order valence-corrected chi connectivity index (χ3v) is 20.8. The summed E-state index contributed by atoms with van der Waals surface area (Å²) in [6, 6.07) is 0. The predicted octanol–water partition coefficient (Wildman–Crippen LogP) is 24.1. The summed E-state index contributed by atoms with van der Waals surface area (Å²) >= 11 is 0. The highest BCUT2D eigenvalue weighted by Crippen LogP contribution is 2.45. The van der Waals surface area contributed by atoms with Gasteiger partial charge in [0.1, 0.15) is 19.3 Å². The zero-order valence-corrected chi connectivity index (χ0v) is 67.6. The van der Waals surface area contributed by atoms with E-state index in [0.717, 1.165) is 127 Å². The van der Waals surface area contributed by atoms with E-state index in [4.69, 9.17) is 37.0 Å². The minimum absolute atomic E-state index is 0.101. The van der Waals surface area contributed by atoms with E-state index in [9.17, 15) is 43.2 Å². The average Bonchev–Trinajstić information content (AvgIpc) is 0.943. The summed E-state index contributed by atoms with van der Waals surface area (Å²) in [6.07, 6.45) is 63.1. The number of ether oxygens (including phenoxy) is 4. The number of allylic oxidation sites excluding steroid dienone is 4. The number of carbonyl (C=O) groups excluding carboxylic acids is 4. The standard InChI is InChI=1S/C82H156O17P2/c1-8-10-11-12-13-14-15-16-19-23-29-34-42-49-56-63-79(84)92-69-77(98-81(86)65-58-51-44-35-30-24-21-18-17-20-22-27-32-39-46-53-60-73(3)4)71-96-100(88,89)94-67-76(83)68-95-101(90,91)97-72-78(70-93-80(85)64-57-50-43-38-37-41-48-55-62-75(7)9-2)99-82(87)66-59-52-45-36-31-26-25-28-33-40-47-54-61-74(5)6/h14-16,19,73-78,83H,8-13,17-18,20-72H2,1-7H3,(H,88,89)(H,90,91)/b15-14-,19-16-/t75?,76-,77-,78-/m1/s1. The van der Waals surface area contributed by atoms with Crippen LogP contribution in [0.5, 0.6) is 0 Å². The molecule has 0 fully saturated rings. The van der Waals surface area contributed by atoms with Gasteiger partial charge < -0.3 is 33.8 Å². The summed E-state index contributed by atoms with van der Waals surface area (Å²) in [4.78, 5) is 73.1. The number of hydrogen-bond donors (Lipinski definition) is 3. The molecule has 596 valence electrons. The normalized spacial score (nSPS) is 14.4. The molecule has 0 aromatic carbocycles. The molecule has 6 atom stereocenters. The van der Waals surface area contributed by atoms with Gasteiger partial charge in [0.2, 0.25) is 0 Å². The van der Waals surface area contributed by atoms with E-state index in [1.54, 1.807) is 0 Å². The molecule has 0 heterocycles. The Morgan fingerprint density at radius 1 is 0.327 bits per heavy atom. The molecule has 0 saturated carbocycles. The Morgan fingerprint density at radius 3 is 0.881 bits per heavy atom. The maximum atomic E-state index is 13.1. The fourth-order valence-electron chi connectivity index (χ4n) is 12.1. The first-order valence-corrected chi connectivity index (χ1v) is 44.7. The van der Waals surface area contributed by atoms with Crippen LogP contribution in [-0.4, -0.2) is 96.7 Å². The van der Waals surface area contributed by atoms with Crippen LogP contribution >= 0.6 is 15.6 Å². The van der Waals surface area contributed by atoms with Gasteiger partial charge in [-0.3, -0.25) is 37.3 Å². The highest BCUT2D eigenvalue weighted by Gasteiger charge is 2.30. The molecule has 101 heavy (non-hydrogen) atoms. The summed E-state index contributed by atoms with van der Waals surface area (Å²) < 4.78 is 68.7. The average molecular weight is 1480 g/mol. The van der Waals surface area contributed by atoms with E-state index in [2.05, 4.69) is 72.8 Å². The molecule has 17 nitrogen and oxygen atoms in total. The topological polar surface area (TPSA) is 237 Å². The smallest absolute Gasteiger partial charge is 0.462 e. The maximum absolute atomic E-state index is 13.1. The minimum Gasteiger partial charge on any atom is -0.462 e. The summed E-state index contributed by atoms with van der Waals surface area (Å²) in [5.41, 5.74) is 0. The van der Waals surface area contributed by atoms with Crippen LogP contribution in [0.2, 0.25) is 0 Å². The molecule has 3 N–H and O–H groups in total. The number of rotatable bonds is 78. The van der Waals surface area contributed by atoms with Crippen LogP contribution in [0, 0.1) is 17.8 Å². The monoisotopic (exact) mass is 1480 g/mol. The third-order valence-electron chi connectivity index (χ3n) is 18.9. The molecule has 0 aliphatic carbocycles. The van der Waals surface area contributed by atoms with Crippen LogP contribution in [0.4, 0.5) is 0 Å². The van der Waals surface area contributed by atoms with E-state index in [-0.39, 0.29) is 25.7 Å². The molecule has 0 aromatic rings. The van der Waals surface area contributed by atoms with Crippen LogP contribution in [-0.2, 0) is 65.4 Å². The molecule has 0 aromatic heterocycles. The van der Waals surface area contributed by atoms with Gasteiger partial charge in [-0.1, -0.05) is 349 Å². The van der Waals surface area contributed by atoms with E-state index in [0.29, 0.717) is 25.7 Å². The van der Waals surface area contributed by atoms with Gasteiger partial charge in [-0.25, -0.2) is 9.13 Å². The molecule has 19 heteroatoms. The summed E-state index contributed by atoms with van der Waals surface area (Å²) in [7, 11) is -9.94. The predicted molar refractivity (Wildman–Crippen MR) is 414 cm³/mol. The first-order valence-electron chi connectivity index (χ1n) is 41.7. The highest BCUT2D eigenvalue weighted by atomic mass is 31.2. The third kappa shape index (κ3) is 74.2. The zero-order chi connectivity index (χ0) is 74.4. The molecular weight excluding hydrogens is 1320 g/mol. The van der Waals surface area contributed by atoms with Crippen molar-refractivity contribution in [2.24, 2.45) is 17.8 Å². The van der Waals surface area contributed by atoms with E-state index in [1.807, 2.05) is 0 Å². The molecule has 0 aliphatic rings. The lowest BCUT2D eigenvalue weighted by Gasteiger charge is -2.21. The van der Waals surface area contributed by atoms with Crippen molar-refractivity contribution in [1.29, 1.82) is 0 Å². The fourth-order valence-corrected chi connectivity index (χ4v) is 13.7. The summed E-state index contributed by atoms with van der Waals surface area (Å²) in [5.74, 6) is 0.219. The number of aliphatic hydroxyl groups is 1. The molecule has 0 saturated heterocycles. The van der Waals surface area contributed by atoms with Gasteiger partial charge in [0.25, 0.3) is 0 Å². The fraction of sp³-hybridized carbons (Fsp3) is 0.902. The molecule has 0 spiro atoms. The molecule has 3 unspecified atom stereocenters. The number of esters is 4. The van der Waals surface area contributed by atoms with Crippen molar-refractivity contribution in [3.05, 3.63) is 24.3 Å². The van der Waals surface area contributed by atoms with Crippen molar-refractivity contribution in [3.8, 4) is 0 Å². The number of unbranched alkanes of at least 4 members (excludes halogenated alkanes) is 42. The van der Waals surface area contributed by atoms with Gasteiger partial charge in [-0.05, 0) is 69.1 Å². The van der Waals surface area contributed by atoms with Crippen molar-refractivity contribution in [2.45, 2.75) is 420 Å². The Balaban J connectivity index is 5.30. The first-order chi connectivity index (χ1) is 48.8. The van der Waals surface area contributed by atoms with Crippen molar-refractivity contribution in [1.82, 2.24) is 0 Å². The number of phosphoric acid groups is 2. The first kappa shape index (κ1) is 98.5. The Labute approximate surface area is 618 Å². The largest absolute Gasteiger partial charge is 0.472 e. The number of phosphoric ester groups is 2. The SMILES string of the molecule is CCCCCC/C=C\C=C/CCCCCCCC(=O)OC[C@H](COP(=O)(O)OC[C@@H](O)COP(=O)(O)OC[C@@H](COC(=O)CCCCCCCCCCC(C)CC)OC(=O)CCCCCCCCCCCCCCC(C)C)OC(=O)CCCCCCCCCCCCCCCCCCC(C)C. The van der Waals surface area contributed by atoms with Gasteiger partial charge >= 0.3 is 39.5 Å². The lowest BCUT2D eigenvalue weighted by molar-refractivity contribution is -0.161. The van der Waals surface area contributed by atoms with Gasteiger partial charge in [0.15, 0.2) is 12.2 Å². The Hall–Kier alpha value is -2.46. The van der Waals surface area contributed by atoms with Crippen molar-refractivity contribution in [3.63, 3.8) is 0 Å². The van der Waals surface area contributed by atoms with Crippen LogP contribution in [0.15, 0.2) is 24.3 Å². The summed E-state index contributed by atoms with van der Waals surface area (Å²) in [5, 5.41) is 10.6. The molecule has 0 amide bonds. The second-order valence-electron chi connectivity index (χ2n) is 30.0. The van der Waals surface area contributed by atoms with Gasteiger partial charge in [-0.2, -0.15) is 0 Å². The molecule has 0 radical (unpaired) electrons. The second-order valence-corrected chi connectivity index (χ2v) is 32.9. The van der Waals surface area contributed by atoms with Crippen molar-refractivity contribution < 1.29 is 80.2 Å². The number of aliphatic hydroxyl groups excluding tert-OH is 1. The van der Waals surface area contributed by atoms with Gasteiger partial charge in [0, 0.05) is 25.7 Å². The van der Waals surface area contributed by atoms with Gasteiger partial charge in [-0.15, -0.1) is 0 Å². The molecular formula is C82H156O17P2. The molecule has 0 aliphatic heterocycles. The Morgan fingerprint density at radius 2 is 0.584 bits per heavy atom. The number of carbonyl (C=O) groups is 4. The van der Waals surface area contributed by atoms with Crippen LogP contribution in [0.1, 0.15) is 402 Å². The summed E-state index contributed by atoms with van der Waals surface area (Å²) in [6.45, 7) is 11.9. The number of hydrogen-bond acceptors (Lipinski definition) is 15. The minimum atomic E-state index is -4.97. The van der Waals surface area contributed by atoms with E-state index in [1.165, 1.54) is 193 Å². The van der Waals surface area contributed by atoms with Crippen LogP contribution in [0.25, 0.3) is 0 Å². The van der Waals surface area contributed by atoms with E-state index < -0.39 is 97.5 Å². The lowest BCUT2D eigenvalue weighted by Crippen LogP contribution is -2.30. The van der Waals surface area contributed by atoms with Crippen LogP contribution in [0.3, 0.4) is 0 Å². The lowest BCUT2D eigenvalue weighted by atomic mass is 9.99. The highest BCUT2D eigenvalue weighted by molar-refractivity contribution is 7.47.